The lowest BCUT2D eigenvalue weighted by Crippen LogP contribution is -2.05. The molecule has 6 heteroatoms. The zero-order valence-corrected chi connectivity index (χ0v) is 12.0. The summed E-state index contributed by atoms with van der Waals surface area (Å²) in [6, 6.07) is 2.09. The van der Waals surface area contributed by atoms with Gasteiger partial charge in [0, 0.05) is 5.69 Å². The second-order valence-corrected chi connectivity index (χ2v) is 4.70. The number of hydrogen-bond donors (Lipinski definition) is 0. The van der Waals surface area contributed by atoms with Crippen LogP contribution in [0.25, 0.3) is 5.82 Å². The van der Waals surface area contributed by atoms with Gasteiger partial charge in [0.15, 0.2) is 5.82 Å². The van der Waals surface area contributed by atoms with Crippen molar-refractivity contribution in [2.45, 2.75) is 26.7 Å². The average molecular weight is 316 g/mol. The van der Waals surface area contributed by atoms with Crippen LogP contribution in [0, 0.1) is 0 Å². The Hall–Kier alpha value is -0.940. The van der Waals surface area contributed by atoms with E-state index in [0.29, 0.717) is 15.4 Å². The average Bonchev–Trinajstić information content (AvgIpc) is 2.76. The van der Waals surface area contributed by atoms with E-state index in [4.69, 9.17) is 11.6 Å². The highest BCUT2D eigenvalue weighted by Gasteiger charge is 2.13. The first kappa shape index (κ1) is 12.5. The van der Waals surface area contributed by atoms with Gasteiger partial charge in [-0.05, 0) is 34.8 Å². The maximum atomic E-state index is 5.96. The van der Waals surface area contributed by atoms with Crippen molar-refractivity contribution in [1.29, 1.82) is 0 Å². The molecule has 0 spiro atoms. The molecule has 0 saturated heterocycles. The van der Waals surface area contributed by atoms with Gasteiger partial charge < -0.3 is 0 Å². The third-order valence-electron chi connectivity index (χ3n) is 2.49. The van der Waals surface area contributed by atoms with Crippen molar-refractivity contribution in [3.8, 4) is 5.82 Å². The van der Waals surface area contributed by atoms with Gasteiger partial charge in [-0.3, -0.25) is 0 Å². The predicted octanol–water partition coefficient (Wildman–Crippen LogP) is 3.20. The molecule has 0 aliphatic carbocycles. The van der Waals surface area contributed by atoms with E-state index in [1.807, 2.05) is 4.68 Å². The van der Waals surface area contributed by atoms with Crippen molar-refractivity contribution < 1.29 is 0 Å². The number of halogens is 2. The molecule has 0 unspecified atom stereocenters. The van der Waals surface area contributed by atoms with E-state index >= 15 is 0 Å². The topological polar surface area (TPSA) is 43.6 Å². The largest absolute Gasteiger partial charge is 0.223 e. The van der Waals surface area contributed by atoms with Crippen LogP contribution in [0.15, 0.2) is 16.9 Å². The van der Waals surface area contributed by atoms with Crippen LogP contribution >= 0.6 is 27.5 Å². The summed E-state index contributed by atoms with van der Waals surface area (Å²) in [4.78, 5) is 8.14. The first-order valence-electron chi connectivity index (χ1n) is 5.41. The molecule has 0 aromatic carbocycles. The summed E-state index contributed by atoms with van der Waals surface area (Å²) in [6.45, 7) is 4.16. The van der Waals surface area contributed by atoms with Gasteiger partial charge in [0.25, 0.3) is 0 Å². The summed E-state index contributed by atoms with van der Waals surface area (Å²) in [6.07, 6.45) is 3.23. The van der Waals surface area contributed by atoms with Crippen LogP contribution in [0.5, 0.6) is 0 Å². The van der Waals surface area contributed by atoms with Gasteiger partial charge in [0.05, 0.1) is 10.2 Å². The van der Waals surface area contributed by atoms with Crippen molar-refractivity contribution in [3.05, 3.63) is 33.4 Å². The highest BCUT2D eigenvalue weighted by molar-refractivity contribution is 9.10. The Morgan fingerprint density at radius 1 is 1.29 bits per heavy atom. The molecule has 0 radical (unpaired) electrons. The minimum Gasteiger partial charge on any atom is -0.223 e. The van der Waals surface area contributed by atoms with Crippen molar-refractivity contribution in [3.63, 3.8) is 0 Å². The first-order valence-corrected chi connectivity index (χ1v) is 6.58. The molecule has 0 aliphatic heterocycles. The molecule has 0 N–H and O–H groups in total. The summed E-state index contributed by atoms with van der Waals surface area (Å²) >= 11 is 9.35. The number of aryl methyl sites for hydroxylation is 2. The van der Waals surface area contributed by atoms with E-state index in [-0.39, 0.29) is 0 Å². The number of hydrogen-bond acceptors (Lipinski definition) is 3. The van der Waals surface area contributed by atoms with E-state index in [0.717, 1.165) is 24.2 Å². The van der Waals surface area contributed by atoms with Gasteiger partial charge in [-0.1, -0.05) is 25.4 Å². The lowest BCUT2D eigenvalue weighted by atomic mass is 10.2. The molecule has 17 heavy (non-hydrogen) atoms. The van der Waals surface area contributed by atoms with Crippen LogP contribution in [0.1, 0.15) is 25.2 Å². The van der Waals surface area contributed by atoms with E-state index < -0.39 is 0 Å². The smallest absolute Gasteiger partial charge is 0.172 e. The van der Waals surface area contributed by atoms with Crippen LogP contribution < -0.4 is 0 Å². The first-order chi connectivity index (χ1) is 8.17. The fourth-order valence-corrected chi connectivity index (χ4v) is 2.07. The third kappa shape index (κ3) is 2.35. The van der Waals surface area contributed by atoms with Gasteiger partial charge >= 0.3 is 0 Å². The monoisotopic (exact) mass is 314 g/mol. The van der Waals surface area contributed by atoms with Crippen molar-refractivity contribution in [2.24, 2.45) is 0 Å². The summed E-state index contributed by atoms with van der Waals surface area (Å²) < 4.78 is 2.48. The molecule has 0 aliphatic rings. The van der Waals surface area contributed by atoms with E-state index in [1.54, 1.807) is 0 Å². The van der Waals surface area contributed by atoms with Crippen molar-refractivity contribution >= 4 is 27.5 Å². The molecule has 90 valence electrons. The lowest BCUT2D eigenvalue weighted by molar-refractivity contribution is 0.764. The maximum Gasteiger partial charge on any atom is 0.172 e. The molecule has 2 heterocycles. The Balaban J connectivity index is 2.59. The van der Waals surface area contributed by atoms with Crippen LogP contribution in [0.3, 0.4) is 0 Å². The molecular formula is C11H12BrClN4. The summed E-state index contributed by atoms with van der Waals surface area (Å²) in [5, 5.41) is 4.90. The Morgan fingerprint density at radius 3 is 2.71 bits per heavy atom. The van der Waals surface area contributed by atoms with Gasteiger partial charge in [0.2, 0.25) is 0 Å². The summed E-state index contributed by atoms with van der Waals surface area (Å²) in [7, 11) is 0. The van der Waals surface area contributed by atoms with E-state index in [9.17, 15) is 0 Å². The molecule has 0 fully saturated rings. The van der Waals surface area contributed by atoms with Gasteiger partial charge in [0.1, 0.15) is 11.5 Å². The van der Waals surface area contributed by atoms with Crippen LogP contribution in [0.4, 0.5) is 0 Å². The Kier molecular flexibility index (Phi) is 3.79. The fourth-order valence-electron chi connectivity index (χ4n) is 1.57. The second-order valence-electron chi connectivity index (χ2n) is 3.55. The Bertz CT molecular complexity index is 538. The summed E-state index contributed by atoms with van der Waals surface area (Å²) in [5.41, 5.74) is 2.15. The molecule has 2 aromatic heterocycles. The molecular weight excluding hydrogens is 304 g/mol. The molecule has 0 bridgehead atoms. The highest BCUT2D eigenvalue weighted by Crippen LogP contribution is 2.26. The number of rotatable bonds is 3. The van der Waals surface area contributed by atoms with Crippen molar-refractivity contribution in [1.82, 2.24) is 19.7 Å². The van der Waals surface area contributed by atoms with E-state index in [1.165, 1.54) is 6.33 Å². The van der Waals surface area contributed by atoms with Gasteiger partial charge in [-0.2, -0.15) is 5.10 Å². The minimum absolute atomic E-state index is 0.394. The Labute approximate surface area is 113 Å². The Morgan fingerprint density at radius 2 is 2.06 bits per heavy atom. The van der Waals surface area contributed by atoms with E-state index in [2.05, 4.69) is 50.9 Å². The quantitative estimate of drug-likeness (QED) is 0.817. The molecule has 4 nitrogen and oxygen atoms in total. The molecule has 0 saturated carbocycles. The zero-order valence-electron chi connectivity index (χ0n) is 9.61. The molecule has 0 amide bonds. The SMILES string of the molecule is CCc1cc(CC)n(-c2ncnc(Cl)c2Br)n1. The second kappa shape index (κ2) is 5.14. The third-order valence-corrected chi connectivity index (χ3v) is 3.73. The maximum absolute atomic E-state index is 5.96. The molecule has 2 aromatic rings. The molecule has 0 atom stereocenters. The van der Waals surface area contributed by atoms with Crippen LogP contribution in [-0.4, -0.2) is 19.7 Å². The number of nitrogens with zero attached hydrogens (tertiary/aromatic N) is 4. The predicted molar refractivity (Wildman–Crippen MR) is 70.6 cm³/mol. The van der Waals surface area contributed by atoms with Crippen LogP contribution in [-0.2, 0) is 12.8 Å². The summed E-state index contributed by atoms with van der Waals surface area (Å²) in [5.74, 6) is 0.682. The lowest BCUT2D eigenvalue weighted by Gasteiger charge is -2.07. The minimum atomic E-state index is 0.394. The van der Waals surface area contributed by atoms with Crippen molar-refractivity contribution in [2.75, 3.05) is 0 Å². The fraction of sp³-hybridized carbons (Fsp3) is 0.364. The number of aromatic nitrogens is 4. The van der Waals surface area contributed by atoms with Gasteiger partial charge in [-0.25, -0.2) is 14.6 Å². The highest BCUT2D eigenvalue weighted by atomic mass is 79.9. The standard InChI is InChI=1S/C11H12BrClN4/c1-3-7-5-8(4-2)17(16-7)11-9(12)10(13)14-6-15-11/h5-6H,3-4H2,1-2H3. The molecule has 2 rings (SSSR count). The zero-order chi connectivity index (χ0) is 12.4. The van der Waals surface area contributed by atoms with Gasteiger partial charge in [-0.15, -0.1) is 0 Å². The van der Waals surface area contributed by atoms with Crippen LogP contribution in [0.2, 0.25) is 5.15 Å². The normalized spacial score (nSPS) is 10.8.